The third-order valence-corrected chi connectivity index (χ3v) is 3.50. The van der Waals surface area contributed by atoms with Gasteiger partial charge in [0.2, 0.25) is 0 Å². The quantitative estimate of drug-likeness (QED) is 0.838. The Morgan fingerprint density at radius 3 is 2.63 bits per heavy atom. The topological polar surface area (TPSA) is 77.5 Å². The van der Waals surface area contributed by atoms with Gasteiger partial charge in [-0.2, -0.15) is 0 Å². The number of hydrogen-bond acceptors (Lipinski definition) is 6. The first-order valence-electron chi connectivity index (χ1n) is 5.89. The fourth-order valence-electron chi connectivity index (χ4n) is 1.25. The van der Waals surface area contributed by atoms with Crippen molar-refractivity contribution in [2.45, 2.75) is 39.3 Å². The lowest BCUT2D eigenvalue weighted by atomic mass is 10.2. The van der Waals surface area contributed by atoms with E-state index in [-0.39, 0.29) is 6.61 Å². The van der Waals surface area contributed by atoms with Gasteiger partial charge in [-0.1, -0.05) is 13.8 Å². The number of carbonyl (C=O) groups excluding carboxylic acids is 2. The number of esters is 1. The average Bonchev–Trinajstić information content (AvgIpc) is 2.84. The van der Waals surface area contributed by atoms with Crippen LogP contribution < -0.4 is 5.32 Å². The van der Waals surface area contributed by atoms with E-state index >= 15 is 0 Å². The fraction of sp³-hybridized carbons (Fsp3) is 0.583. The monoisotopic (exact) mass is 286 g/mol. The molecule has 0 bridgehead atoms. The SMILES string of the molecule is COC(=O)[C@H](C)NC(=O)OCc1csc(C(C)C)n1. The van der Waals surface area contributed by atoms with Crippen LogP contribution in [0.1, 0.15) is 37.4 Å². The molecule has 1 N–H and O–H groups in total. The highest BCUT2D eigenvalue weighted by Gasteiger charge is 2.16. The summed E-state index contributed by atoms with van der Waals surface area (Å²) in [6.45, 7) is 5.71. The number of carbonyl (C=O) groups is 2. The molecular formula is C12H18N2O4S. The van der Waals surface area contributed by atoms with Gasteiger partial charge in [0, 0.05) is 11.3 Å². The summed E-state index contributed by atoms with van der Waals surface area (Å²) in [6, 6.07) is -0.737. The minimum absolute atomic E-state index is 0.0863. The van der Waals surface area contributed by atoms with Crippen molar-refractivity contribution in [2.75, 3.05) is 7.11 Å². The Kier molecular flexibility index (Phi) is 5.75. The van der Waals surface area contributed by atoms with Crippen LogP contribution in [0.15, 0.2) is 5.38 Å². The van der Waals surface area contributed by atoms with Crippen molar-refractivity contribution in [1.29, 1.82) is 0 Å². The number of nitrogens with one attached hydrogen (secondary N) is 1. The van der Waals surface area contributed by atoms with Crippen LogP contribution in [-0.2, 0) is 20.9 Å². The standard InChI is InChI=1S/C12H18N2O4S/c1-7(2)10-14-9(6-19-10)5-18-12(16)13-8(3)11(15)17-4/h6-8H,5H2,1-4H3,(H,13,16)/t8-/m0/s1. The molecule has 106 valence electrons. The number of amides is 1. The second-order valence-electron chi connectivity index (χ2n) is 4.30. The van der Waals surface area contributed by atoms with Crippen LogP contribution >= 0.6 is 11.3 Å². The van der Waals surface area contributed by atoms with Crippen molar-refractivity contribution in [3.8, 4) is 0 Å². The van der Waals surface area contributed by atoms with E-state index in [0.29, 0.717) is 11.6 Å². The molecule has 0 spiro atoms. The van der Waals surface area contributed by atoms with Gasteiger partial charge in [0.25, 0.3) is 0 Å². The molecule has 0 fully saturated rings. The van der Waals surface area contributed by atoms with Crippen LogP contribution in [0.4, 0.5) is 4.79 Å². The summed E-state index contributed by atoms with van der Waals surface area (Å²) in [7, 11) is 1.26. The second kappa shape index (κ2) is 7.08. The van der Waals surface area contributed by atoms with Gasteiger partial charge >= 0.3 is 12.1 Å². The minimum Gasteiger partial charge on any atom is -0.467 e. The summed E-state index contributed by atoms with van der Waals surface area (Å²) in [6.07, 6.45) is -0.669. The lowest BCUT2D eigenvalue weighted by Gasteiger charge is -2.11. The molecule has 1 heterocycles. The molecule has 1 amide bonds. The van der Waals surface area contributed by atoms with Crippen molar-refractivity contribution in [2.24, 2.45) is 0 Å². The minimum atomic E-state index is -0.737. The summed E-state index contributed by atoms with van der Waals surface area (Å²) in [5.74, 6) is -0.167. The molecule has 1 atom stereocenters. The van der Waals surface area contributed by atoms with Crippen LogP contribution in [-0.4, -0.2) is 30.2 Å². The first kappa shape index (κ1) is 15.4. The van der Waals surface area contributed by atoms with Gasteiger partial charge in [-0.15, -0.1) is 11.3 Å². The first-order chi connectivity index (χ1) is 8.93. The van der Waals surface area contributed by atoms with Crippen molar-refractivity contribution < 1.29 is 19.1 Å². The Bertz CT molecular complexity index is 445. The molecule has 0 radical (unpaired) electrons. The molecule has 1 aromatic rings. The summed E-state index contributed by atoms with van der Waals surface area (Å²) < 4.78 is 9.46. The zero-order chi connectivity index (χ0) is 14.4. The lowest BCUT2D eigenvalue weighted by molar-refractivity contribution is -0.142. The summed E-state index contributed by atoms with van der Waals surface area (Å²) in [5.41, 5.74) is 0.703. The van der Waals surface area contributed by atoms with Gasteiger partial charge in [-0.25, -0.2) is 14.6 Å². The molecule has 1 aromatic heterocycles. The second-order valence-corrected chi connectivity index (χ2v) is 5.19. The van der Waals surface area contributed by atoms with E-state index in [2.05, 4.69) is 15.0 Å². The molecule has 6 nitrogen and oxygen atoms in total. The molecular weight excluding hydrogens is 268 g/mol. The van der Waals surface area contributed by atoms with E-state index in [1.807, 2.05) is 19.2 Å². The molecule has 0 aromatic carbocycles. The summed E-state index contributed by atoms with van der Waals surface area (Å²) >= 11 is 1.53. The number of hydrogen-bond donors (Lipinski definition) is 1. The maximum Gasteiger partial charge on any atom is 0.408 e. The van der Waals surface area contributed by atoms with E-state index < -0.39 is 18.1 Å². The van der Waals surface area contributed by atoms with Gasteiger partial charge in [-0.3, -0.25) is 0 Å². The smallest absolute Gasteiger partial charge is 0.408 e. The largest absolute Gasteiger partial charge is 0.467 e. The van der Waals surface area contributed by atoms with Crippen LogP contribution in [0.5, 0.6) is 0 Å². The van der Waals surface area contributed by atoms with Gasteiger partial charge in [-0.05, 0) is 6.92 Å². The van der Waals surface area contributed by atoms with Crippen LogP contribution in [0, 0.1) is 0 Å². The molecule has 0 aliphatic rings. The third kappa shape index (κ3) is 4.86. The molecule has 7 heteroatoms. The van der Waals surface area contributed by atoms with Gasteiger partial charge in [0.05, 0.1) is 17.8 Å². The number of methoxy groups -OCH3 is 1. The van der Waals surface area contributed by atoms with E-state index in [9.17, 15) is 9.59 Å². The molecule has 0 unspecified atom stereocenters. The third-order valence-electron chi connectivity index (χ3n) is 2.30. The van der Waals surface area contributed by atoms with E-state index in [1.54, 1.807) is 0 Å². The molecule has 0 aliphatic heterocycles. The average molecular weight is 286 g/mol. The maximum atomic E-state index is 11.4. The predicted molar refractivity (Wildman–Crippen MR) is 71.0 cm³/mol. The Morgan fingerprint density at radius 1 is 1.42 bits per heavy atom. The van der Waals surface area contributed by atoms with Crippen molar-refractivity contribution in [3.05, 3.63) is 16.1 Å². The highest BCUT2D eigenvalue weighted by molar-refractivity contribution is 7.09. The Morgan fingerprint density at radius 2 is 2.11 bits per heavy atom. The lowest BCUT2D eigenvalue weighted by Crippen LogP contribution is -2.39. The molecule has 0 saturated heterocycles. The number of rotatable bonds is 5. The van der Waals surface area contributed by atoms with E-state index in [0.717, 1.165) is 5.01 Å². The van der Waals surface area contributed by atoms with Crippen LogP contribution in [0.25, 0.3) is 0 Å². The van der Waals surface area contributed by atoms with Crippen LogP contribution in [0.2, 0.25) is 0 Å². The number of thiazole rings is 1. The van der Waals surface area contributed by atoms with Crippen molar-refractivity contribution in [3.63, 3.8) is 0 Å². The Hall–Kier alpha value is -1.63. The van der Waals surface area contributed by atoms with Crippen LogP contribution in [0.3, 0.4) is 0 Å². The van der Waals surface area contributed by atoms with Gasteiger partial charge < -0.3 is 14.8 Å². The van der Waals surface area contributed by atoms with E-state index in [4.69, 9.17) is 4.74 Å². The molecule has 19 heavy (non-hydrogen) atoms. The van der Waals surface area contributed by atoms with E-state index in [1.165, 1.54) is 25.4 Å². The zero-order valence-corrected chi connectivity index (χ0v) is 12.2. The van der Waals surface area contributed by atoms with Gasteiger partial charge in [0.15, 0.2) is 0 Å². The first-order valence-corrected chi connectivity index (χ1v) is 6.77. The highest BCUT2D eigenvalue weighted by Crippen LogP contribution is 2.19. The Labute approximate surface area is 116 Å². The van der Waals surface area contributed by atoms with Crippen molar-refractivity contribution >= 4 is 23.4 Å². The summed E-state index contributed by atoms with van der Waals surface area (Å²) in [5, 5.41) is 5.23. The van der Waals surface area contributed by atoms with Gasteiger partial charge in [0.1, 0.15) is 12.6 Å². The Balaban J connectivity index is 2.39. The number of alkyl carbamates (subject to hydrolysis) is 1. The number of nitrogens with zero attached hydrogens (tertiary/aromatic N) is 1. The normalized spacial score (nSPS) is 12.1. The molecule has 0 aliphatic carbocycles. The summed E-state index contributed by atoms with van der Waals surface area (Å²) in [4.78, 5) is 26.9. The highest BCUT2D eigenvalue weighted by atomic mass is 32.1. The van der Waals surface area contributed by atoms with Crippen molar-refractivity contribution in [1.82, 2.24) is 10.3 Å². The molecule has 0 saturated carbocycles. The number of aromatic nitrogens is 1. The molecule has 1 rings (SSSR count). The predicted octanol–water partition coefficient (Wildman–Crippen LogP) is 2.05. The fourth-order valence-corrected chi connectivity index (χ4v) is 2.07. The zero-order valence-electron chi connectivity index (χ0n) is 11.4. The maximum absolute atomic E-state index is 11.4. The number of ether oxygens (including phenoxy) is 2.